The molecular weight excluding hydrogens is 486 g/mol. The summed E-state index contributed by atoms with van der Waals surface area (Å²) in [6.07, 6.45) is 0.0907. The molecule has 2 aromatic carbocycles. The van der Waals surface area contributed by atoms with Gasteiger partial charge in [-0.15, -0.1) is 0 Å². The standard InChI is InChI=1S/C20H14Cl4N4O3/c1-9-4-17(29)27(20(9)31)11-2-3-12(22)15(7-11)25-16-8-18(30)28(26-16)19-13(23)5-10(21)6-14(19)24/h2-3,5-7,9H,4,8H2,1H3,(H,25,26). The predicted molar refractivity (Wildman–Crippen MR) is 122 cm³/mol. The van der Waals surface area contributed by atoms with Crippen molar-refractivity contribution in [3.63, 3.8) is 0 Å². The number of hydrogen-bond donors (Lipinski definition) is 1. The van der Waals surface area contributed by atoms with Crippen molar-refractivity contribution in [2.45, 2.75) is 19.8 Å². The van der Waals surface area contributed by atoms with Crippen LogP contribution in [0, 0.1) is 5.92 Å². The monoisotopic (exact) mass is 498 g/mol. The van der Waals surface area contributed by atoms with Gasteiger partial charge in [-0.1, -0.05) is 53.3 Å². The molecule has 2 fully saturated rings. The highest BCUT2D eigenvalue weighted by atomic mass is 35.5. The fourth-order valence-electron chi connectivity index (χ4n) is 3.37. The molecule has 4 rings (SSSR count). The van der Waals surface area contributed by atoms with E-state index in [1.807, 2.05) is 0 Å². The lowest BCUT2D eigenvalue weighted by Gasteiger charge is -2.19. The molecule has 1 N–H and O–H groups in total. The first-order valence-corrected chi connectivity index (χ1v) is 10.6. The summed E-state index contributed by atoms with van der Waals surface area (Å²) < 4.78 is 0. The van der Waals surface area contributed by atoms with Crippen LogP contribution in [-0.4, -0.2) is 23.6 Å². The second kappa shape index (κ2) is 8.31. The van der Waals surface area contributed by atoms with Crippen LogP contribution in [0.1, 0.15) is 19.8 Å². The maximum absolute atomic E-state index is 12.5. The number of benzene rings is 2. The molecule has 0 saturated carbocycles. The van der Waals surface area contributed by atoms with E-state index in [4.69, 9.17) is 46.4 Å². The Morgan fingerprint density at radius 3 is 2.26 bits per heavy atom. The molecule has 0 spiro atoms. The number of hydrogen-bond acceptors (Lipinski definition) is 4. The number of halogens is 4. The van der Waals surface area contributed by atoms with Crippen molar-refractivity contribution in [2.24, 2.45) is 10.9 Å². The van der Waals surface area contributed by atoms with Gasteiger partial charge in [0.05, 0.1) is 32.9 Å². The zero-order valence-electron chi connectivity index (χ0n) is 16.0. The van der Waals surface area contributed by atoms with Gasteiger partial charge < -0.3 is 0 Å². The Labute approximate surface area is 197 Å². The lowest BCUT2D eigenvalue weighted by molar-refractivity contribution is -0.122. The summed E-state index contributed by atoms with van der Waals surface area (Å²) >= 11 is 24.6. The van der Waals surface area contributed by atoms with Crippen molar-refractivity contribution in [1.82, 2.24) is 5.43 Å². The third kappa shape index (κ3) is 4.11. The molecule has 0 radical (unpaired) electrons. The van der Waals surface area contributed by atoms with Crippen LogP contribution < -0.4 is 15.3 Å². The summed E-state index contributed by atoms with van der Waals surface area (Å²) in [4.78, 5) is 42.6. The van der Waals surface area contributed by atoms with Crippen LogP contribution in [0.15, 0.2) is 35.3 Å². The molecular formula is C20H14Cl4N4O3. The molecule has 2 aliphatic rings. The van der Waals surface area contributed by atoms with Gasteiger partial charge in [0.25, 0.3) is 5.91 Å². The van der Waals surface area contributed by atoms with E-state index >= 15 is 0 Å². The second-order valence-corrected chi connectivity index (χ2v) is 8.76. The Balaban J connectivity index is 1.65. The molecule has 2 saturated heterocycles. The average Bonchev–Trinajstić information content (AvgIpc) is 3.15. The molecule has 1 atom stereocenters. The quantitative estimate of drug-likeness (QED) is 0.590. The van der Waals surface area contributed by atoms with Gasteiger partial charge in [-0.2, -0.15) is 0 Å². The Morgan fingerprint density at radius 1 is 0.968 bits per heavy atom. The van der Waals surface area contributed by atoms with Crippen molar-refractivity contribution < 1.29 is 14.4 Å². The molecule has 0 aliphatic carbocycles. The van der Waals surface area contributed by atoms with Gasteiger partial charge in [0, 0.05) is 17.4 Å². The molecule has 7 nitrogen and oxygen atoms in total. The van der Waals surface area contributed by atoms with Crippen molar-refractivity contribution in [3.05, 3.63) is 50.4 Å². The van der Waals surface area contributed by atoms with E-state index in [2.05, 4.69) is 10.4 Å². The largest absolute Gasteiger partial charge is 0.277 e. The highest BCUT2D eigenvalue weighted by molar-refractivity contribution is 6.42. The number of anilines is 2. The number of carbonyl (C=O) groups excluding carboxylic acids is 3. The summed E-state index contributed by atoms with van der Waals surface area (Å²) in [7, 11) is 0. The normalized spacial score (nSPS) is 20.2. The van der Waals surface area contributed by atoms with Crippen LogP contribution in [0.25, 0.3) is 0 Å². The van der Waals surface area contributed by atoms with E-state index in [0.29, 0.717) is 27.3 Å². The van der Waals surface area contributed by atoms with E-state index in [1.165, 1.54) is 23.2 Å². The number of rotatable bonds is 3. The summed E-state index contributed by atoms with van der Waals surface area (Å²) in [6.45, 7) is 1.70. The van der Waals surface area contributed by atoms with Crippen molar-refractivity contribution in [1.29, 1.82) is 0 Å². The Bertz CT molecular complexity index is 1140. The topological polar surface area (TPSA) is 82.1 Å². The van der Waals surface area contributed by atoms with Crippen LogP contribution >= 0.6 is 46.4 Å². The predicted octanol–water partition coefficient (Wildman–Crippen LogP) is 5.17. The number of hydrazine groups is 1. The highest BCUT2D eigenvalue weighted by Crippen LogP contribution is 2.38. The Kier molecular flexibility index (Phi) is 5.87. The van der Waals surface area contributed by atoms with E-state index in [-0.39, 0.29) is 52.2 Å². The van der Waals surface area contributed by atoms with Gasteiger partial charge in [0.15, 0.2) is 0 Å². The van der Waals surface area contributed by atoms with Crippen LogP contribution in [0.3, 0.4) is 0 Å². The first-order chi connectivity index (χ1) is 14.7. The number of aliphatic imine (C=N–C) groups is 1. The molecule has 2 aromatic rings. The molecule has 0 bridgehead atoms. The van der Waals surface area contributed by atoms with E-state index < -0.39 is 0 Å². The molecule has 1 unspecified atom stereocenters. The van der Waals surface area contributed by atoms with E-state index in [9.17, 15) is 14.4 Å². The zero-order valence-corrected chi connectivity index (χ0v) is 19.0. The third-order valence-corrected chi connectivity index (χ3v) is 5.94. The highest BCUT2D eigenvalue weighted by Gasteiger charge is 2.37. The molecule has 2 heterocycles. The Morgan fingerprint density at radius 2 is 1.65 bits per heavy atom. The van der Waals surface area contributed by atoms with Crippen LogP contribution in [-0.2, 0) is 14.4 Å². The van der Waals surface area contributed by atoms with Gasteiger partial charge in [-0.25, -0.2) is 10.0 Å². The molecule has 160 valence electrons. The van der Waals surface area contributed by atoms with E-state index in [0.717, 1.165) is 4.90 Å². The molecule has 3 amide bonds. The number of amidine groups is 1. The minimum atomic E-state index is -0.380. The fourth-order valence-corrected chi connectivity index (χ4v) is 4.52. The number of amides is 3. The van der Waals surface area contributed by atoms with Gasteiger partial charge in [0.2, 0.25) is 11.8 Å². The summed E-state index contributed by atoms with van der Waals surface area (Å²) in [5.41, 5.74) is 3.78. The zero-order chi connectivity index (χ0) is 22.4. The first-order valence-electron chi connectivity index (χ1n) is 9.13. The lowest BCUT2D eigenvalue weighted by Crippen LogP contribution is -2.36. The minimum absolute atomic E-state index is 0.0611. The van der Waals surface area contributed by atoms with Crippen LogP contribution in [0.2, 0.25) is 20.1 Å². The lowest BCUT2D eigenvalue weighted by atomic mass is 10.1. The molecule has 2 aliphatic heterocycles. The number of nitrogens with one attached hydrogen (secondary N) is 1. The Hall–Kier alpha value is -2.32. The van der Waals surface area contributed by atoms with E-state index in [1.54, 1.807) is 19.1 Å². The van der Waals surface area contributed by atoms with Gasteiger partial charge in [0.1, 0.15) is 11.5 Å². The third-order valence-electron chi connectivity index (χ3n) is 4.83. The molecule has 11 heteroatoms. The summed E-state index contributed by atoms with van der Waals surface area (Å²) in [5, 5.41) is 2.20. The van der Waals surface area contributed by atoms with Gasteiger partial charge in [-0.3, -0.25) is 24.7 Å². The van der Waals surface area contributed by atoms with Gasteiger partial charge in [-0.05, 0) is 30.3 Å². The fraction of sp³-hybridized carbons (Fsp3) is 0.200. The van der Waals surface area contributed by atoms with Crippen molar-refractivity contribution in [3.8, 4) is 0 Å². The minimum Gasteiger partial charge on any atom is -0.277 e. The molecule has 31 heavy (non-hydrogen) atoms. The van der Waals surface area contributed by atoms with Crippen LogP contribution in [0.4, 0.5) is 17.1 Å². The summed E-state index contributed by atoms with van der Waals surface area (Å²) in [5.74, 6) is -0.993. The second-order valence-electron chi connectivity index (χ2n) is 7.10. The number of nitrogens with zero attached hydrogens (tertiary/aromatic N) is 3. The smallest absolute Gasteiger partial charge is 0.253 e. The average molecular weight is 500 g/mol. The first kappa shape index (κ1) is 21.9. The maximum Gasteiger partial charge on any atom is 0.253 e. The van der Waals surface area contributed by atoms with Gasteiger partial charge >= 0.3 is 0 Å². The number of carbonyl (C=O) groups is 3. The SMILES string of the molecule is CC1CC(=O)N(c2ccc(Cl)c(N=C3CC(=O)N(c4c(Cl)cc(Cl)cc4Cl)N3)c2)C1=O. The van der Waals surface area contributed by atoms with Crippen molar-refractivity contribution >= 4 is 87.0 Å². The summed E-state index contributed by atoms with van der Waals surface area (Å²) in [6, 6.07) is 7.59. The maximum atomic E-state index is 12.5. The molecule has 0 aromatic heterocycles. The number of imide groups is 1. The van der Waals surface area contributed by atoms with Crippen LogP contribution in [0.5, 0.6) is 0 Å². The van der Waals surface area contributed by atoms with Crippen molar-refractivity contribution in [2.75, 3.05) is 9.91 Å².